The topological polar surface area (TPSA) is 53.0 Å². The number of hydrogen-bond acceptors (Lipinski definition) is 4. The molecule has 0 aromatic rings. The normalized spacial score (nSPS) is 34.6. The van der Waals surface area contributed by atoms with Crippen LogP contribution in [0.15, 0.2) is 0 Å². The van der Waals surface area contributed by atoms with Gasteiger partial charge in [0.05, 0.1) is 12.7 Å². The largest absolute Gasteiger partial charge is 0.391 e. The van der Waals surface area contributed by atoms with Crippen LogP contribution < -0.4 is 0 Å². The Labute approximate surface area is 210 Å². The third-order valence-corrected chi connectivity index (χ3v) is 9.50. The molecule has 202 valence electrons. The zero-order valence-electron chi connectivity index (χ0n) is 22.0. The van der Waals surface area contributed by atoms with Gasteiger partial charge < -0.3 is 19.6 Å². The van der Waals surface area contributed by atoms with E-state index in [4.69, 9.17) is 4.74 Å². The highest BCUT2D eigenvalue weighted by Gasteiger charge is 2.39. The number of aliphatic hydroxyl groups excluding tert-OH is 1. The minimum Gasteiger partial charge on any atom is -0.391 e. The minimum absolute atomic E-state index is 0.0841. The Balaban J connectivity index is 1.46. The van der Waals surface area contributed by atoms with Gasteiger partial charge in [-0.05, 0) is 69.2 Å². The van der Waals surface area contributed by atoms with Crippen molar-refractivity contribution < 1.29 is 23.4 Å². The van der Waals surface area contributed by atoms with E-state index in [0.29, 0.717) is 56.9 Å². The second-order valence-electron chi connectivity index (χ2n) is 12.7. The SMILES string of the molecule is CC1(C)COCCC[C@H]2CN(C3CCCC3)CC[C@H]2CC(=O)N(CC2CCC(F)(F)CC2)C[C@@H]1O. The number of fused-ring (bicyclic) bond motifs is 1. The number of aliphatic hydroxyl groups is 1. The summed E-state index contributed by atoms with van der Waals surface area (Å²) in [4.78, 5) is 18.2. The number of likely N-dealkylation sites (tertiary alicyclic amines) is 1. The van der Waals surface area contributed by atoms with Crippen LogP contribution >= 0.6 is 0 Å². The number of nitrogens with zero attached hydrogens (tertiary/aromatic N) is 2. The molecule has 35 heavy (non-hydrogen) atoms. The molecule has 2 heterocycles. The predicted molar refractivity (Wildman–Crippen MR) is 133 cm³/mol. The second-order valence-corrected chi connectivity index (χ2v) is 12.7. The quantitative estimate of drug-likeness (QED) is 0.588. The van der Waals surface area contributed by atoms with Gasteiger partial charge in [0.2, 0.25) is 11.8 Å². The van der Waals surface area contributed by atoms with Crippen molar-refractivity contribution >= 4 is 5.91 Å². The predicted octanol–water partition coefficient (Wildman–Crippen LogP) is 5.11. The van der Waals surface area contributed by atoms with Gasteiger partial charge in [-0.3, -0.25) is 4.79 Å². The lowest BCUT2D eigenvalue weighted by molar-refractivity contribution is -0.138. The number of piperidine rings is 1. The molecule has 0 unspecified atom stereocenters. The van der Waals surface area contributed by atoms with Crippen LogP contribution in [0.1, 0.15) is 90.9 Å². The molecule has 0 aromatic carbocycles. The first-order valence-corrected chi connectivity index (χ1v) is 14.3. The van der Waals surface area contributed by atoms with E-state index >= 15 is 0 Å². The third-order valence-electron chi connectivity index (χ3n) is 9.50. The van der Waals surface area contributed by atoms with Gasteiger partial charge >= 0.3 is 0 Å². The van der Waals surface area contributed by atoms with Gasteiger partial charge in [0.15, 0.2) is 0 Å². The number of carbonyl (C=O) groups is 1. The summed E-state index contributed by atoms with van der Waals surface area (Å²) in [6.07, 6.45) is 8.89. The maximum atomic E-state index is 13.7. The molecule has 1 N–H and O–H groups in total. The smallest absolute Gasteiger partial charge is 0.248 e. The molecule has 0 radical (unpaired) electrons. The molecule has 5 nitrogen and oxygen atoms in total. The van der Waals surface area contributed by atoms with Gasteiger partial charge in [0.1, 0.15) is 0 Å². The summed E-state index contributed by atoms with van der Waals surface area (Å²) < 4.78 is 33.5. The monoisotopic (exact) mass is 498 g/mol. The Morgan fingerprint density at radius 3 is 2.40 bits per heavy atom. The molecule has 1 amide bonds. The molecule has 4 aliphatic rings. The van der Waals surface area contributed by atoms with Crippen LogP contribution in [0.4, 0.5) is 8.78 Å². The lowest BCUT2D eigenvalue weighted by atomic mass is 9.79. The van der Waals surface area contributed by atoms with Crippen molar-refractivity contribution in [3.05, 3.63) is 0 Å². The van der Waals surface area contributed by atoms with E-state index in [1.165, 1.54) is 25.7 Å². The Hall–Kier alpha value is -0.790. The molecule has 4 rings (SSSR count). The van der Waals surface area contributed by atoms with Gasteiger partial charge in [-0.15, -0.1) is 0 Å². The third kappa shape index (κ3) is 7.38. The fraction of sp³-hybridized carbons (Fsp3) is 0.964. The summed E-state index contributed by atoms with van der Waals surface area (Å²) in [5, 5.41) is 11.1. The summed E-state index contributed by atoms with van der Waals surface area (Å²) >= 11 is 0. The Morgan fingerprint density at radius 2 is 1.69 bits per heavy atom. The second kappa shape index (κ2) is 11.7. The first-order valence-electron chi connectivity index (χ1n) is 14.3. The van der Waals surface area contributed by atoms with E-state index in [2.05, 4.69) is 4.90 Å². The summed E-state index contributed by atoms with van der Waals surface area (Å²) in [6, 6.07) is 0.712. The van der Waals surface area contributed by atoms with Crippen molar-refractivity contribution in [1.82, 2.24) is 9.80 Å². The van der Waals surface area contributed by atoms with Gasteiger partial charge in [-0.1, -0.05) is 26.7 Å². The molecule has 2 aliphatic carbocycles. The van der Waals surface area contributed by atoms with Crippen LogP contribution in [-0.4, -0.2) is 78.3 Å². The maximum absolute atomic E-state index is 13.7. The minimum atomic E-state index is -2.57. The number of halogens is 2. The molecule has 7 heteroatoms. The van der Waals surface area contributed by atoms with E-state index < -0.39 is 17.4 Å². The van der Waals surface area contributed by atoms with Crippen LogP contribution in [-0.2, 0) is 9.53 Å². The number of amides is 1. The van der Waals surface area contributed by atoms with E-state index in [1.807, 2.05) is 18.7 Å². The van der Waals surface area contributed by atoms with Crippen LogP contribution in [0.2, 0.25) is 0 Å². The number of carbonyl (C=O) groups excluding carboxylic acids is 1. The molecule has 0 spiro atoms. The van der Waals surface area contributed by atoms with Crippen molar-refractivity contribution in [3.63, 3.8) is 0 Å². The summed E-state index contributed by atoms with van der Waals surface area (Å²) in [5.41, 5.74) is -0.474. The van der Waals surface area contributed by atoms with Gasteiger partial charge in [-0.25, -0.2) is 8.78 Å². The number of hydrogen-bond donors (Lipinski definition) is 1. The number of alkyl halides is 2. The van der Waals surface area contributed by atoms with Gasteiger partial charge in [-0.2, -0.15) is 0 Å². The first-order chi connectivity index (χ1) is 16.6. The van der Waals surface area contributed by atoms with Crippen LogP contribution in [0.3, 0.4) is 0 Å². The molecule has 0 aromatic heterocycles. The van der Waals surface area contributed by atoms with Crippen LogP contribution in [0.25, 0.3) is 0 Å². The van der Waals surface area contributed by atoms with E-state index in [9.17, 15) is 18.7 Å². The molecule has 2 saturated carbocycles. The van der Waals surface area contributed by atoms with Gasteiger partial charge in [0.25, 0.3) is 0 Å². The first kappa shape index (κ1) is 27.3. The Morgan fingerprint density at radius 1 is 0.971 bits per heavy atom. The van der Waals surface area contributed by atoms with E-state index in [-0.39, 0.29) is 31.2 Å². The molecule has 3 atom stereocenters. The van der Waals surface area contributed by atoms with Crippen LogP contribution in [0, 0.1) is 23.2 Å². The maximum Gasteiger partial charge on any atom is 0.248 e. The van der Waals surface area contributed by atoms with Crippen molar-refractivity contribution in [2.24, 2.45) is 23.2 Å². The molecular weight excluding hydrogens is 450 g/mol. The Bertz CT molecular complexity index is 688. The molecule has 0 bridgehead atoms. The average Bonchev–Trinajstić information content (AvgIpc) is 3.35. The average molecular weight is 499 g/mol. The highest BCUT2D eigenvalue weighted by molar-refractivity contribution is 5.76. The van der Waals surface area contributed by atoms with Crippen molar-refractivity contribution in [1.29, 1.82) is 0 Å². The zero-order valence-corrected chi connectivity index (χ0v) is 22.0. The van der Waals surface area contributed by atoms with E-state index in [1.54, 1.807) is 0 Å². The molecule has 2 saturated heterocycles. The van der Waals surface area contributed by atoms with Crippen molar-refractivity contribution in [3.8, 4) is 0 Å². The fourth-order valence-corrected chi connectivity index (χ4v) is 6.87. The Kier molecular flexibility index (Phi) is 9.13. The highest BCUT2D eigenvalue weighted by Crippen LogP contribution is 2.38. The fourth-order valence-electron chi connectivity index (χ4n) is 6.87. The molecule has 2 aliphatic heterocycles. The van der Waals surface area contributed by atoms with E-state index in [0.717, 1.165) is 32.4 Å². The number of rotatable bonds is 3. The summed E-state index contributed by atoms with van der Waals surface area (Å²) in [6.45, 7) is 8.01. The summed E-state index contributed by atoms with van der Waals surface area (Å²) in [5.74, 6) is -1.54. The highest BCUT2D eigenvalue weighted by atomic mass is 19.3. The van der Waals surface area contributed by atoms with Crippen molar-refractivity contribution in [2.45, 2.75) is 109 Å². The zero-order chi connectivity index (χ0) is 25.1. The number of ether oxygens (including phenoxy) is 1. The van der Waals surface area contributed by atoms with Crippen LogP contribution in [0.5, 0.6) is 0 Å². The lowest BCUT2D eigenvalue weighted by Crippen LogP contribution is -2.49. The standard InChI is InChI=1S/C28H48F2N2O3/c1-27(2)20-35-15-5-6-23-18-31(24-7-3-4-8-24)14-11-22(23)16-26(34)32(19-25(27)33)17-21-9-12-28(29,30)13-10-21/h21-25,33H,3-20H2,1-2H3/t22-,23-,25-/m0/s1. The molecule has 4 fully saturated rings. The van der Waals surface area contributed by atoms with Crippen molar-refractivity contribution in [2.75, 3.05) is 39.4 Å². The molecular formula is C28H48F2N2O3. The van der Waals surface area contributed by atoms with Gasteiger partial charge in [0, 0.05) is 57.0 Å². The summed E-state index contributed by atoms with van der Waals surface area (Å²) in [7, 11) is 0. The lowest BCUT2D eigenvalue weighted by Gasteiger charge is -2.42. The number of β-amino-alcohol motifs (C(OH)–C–C–N with tert-alkyl or cyclic N) is 1.